The van der Waals surface area contributed by atoms with E-state index in [1.165, 1.54) is 11.1 Å². The molecule has 0 aliphatic carbocycles. The van der Waals surface area contributed by atoms with Gasteiger partial charge in [-0.1, -0.05) is 48.0 Å². The Bertz CT molecular complexity index is 711. The first-order valence-corrected chi connectivity index (χ1v) is 8.98. The van der Waals surface area contributed by atoms with E-state index in [1.54, 1.807) is 12.1 Å². The number of hydrogen-bond donors (Lipinski definition) is 2. The molecule has 138 valence electrons. The minimum Gasteiger partial charge on any atom is -0.357 e. The van der Waals surface area contributed by atoms with E-state index in [9.17, 15) is 4.79 Å². The molecule has 0 aromatic heterocycles. The number of rotatable bonds is 7. The van der Waals surface area contributed by atoms with Gasteiger partial charge in [-0.15, -0.1) is 0 Å². The van der Waals surface area contributed by atoms with Crippen LogP contribution in [0.3, 0.4) is 0 Å². The molecule has 5 nitrogen and oxygen atoms in total. The maximum Gasteiger partial charge on any atom is 0.251 e. The zero-order valence-electron chi connectivity index (χ0n) is 15.8. The summed E-state index contributed by atoms with van der Waals surface area (Å²) in [7, 11) is 2.02. The molecule has 2 N–H and O–H groups in total. The molecular formula is C21H28N4O. The highest BCUT2D eigenvalue weighted by atomic mass is 16.1. The zero-order valence-corrected chi connectivity index (χ0v) is 15.8. The van der Waals surface area contributed by atoms with Crippen molar-refractivity contribution in [1.29, 1.82) is 0 Å². The number of carbonyl (C=O) groups is 1. The molecule has 26 heavy (non-hydrogen) atoms. The molecule has 0 fully saturated rings. The summed E-state index contributed by atoms with van der Waals surface area (Å²) in [4.78, 5) is 18.7. The van der Waals surface area contributed by atoms with Crippen molar-refractivity contribution in [2.75, 3.05) is 26.7 Å². The Hall–Kier alpha value is -2.82. The molecule has 0 aliphatic rings. The molecule has 2 rings (SSSR count). The second-order valence-corrected chi connectivity index (χ2v) is 6.20. The number of hydrogen-bond acceptors (Lipinski definition) is 2. The van der Waals surface area contributed by atoms with E-state index in [1.807, 2.05) is 32.2 Å². The number of amides is 1. The Morgan fingerprint density at radius 3 is 2.38 bits per heavy atom. The fraction of sp³-hybridized carbons (Fsp3) is 0.333. The van der Waals surface area contributed by atoms with Crippen molar-refractivity contribution in [3.8, 4) is 0 Å². The van der Waals surface area contributed by atoms with Crippen LogP contribution in [0.15, 0.2) is 59.6 Å². The van der Waals surface area contributed by atoms with Crippen LogP contribution in [0.1, 0.15) is 28.4 Å². The molecule has 0 spiro atoms. The second kappa shape index (κ2) is 10.2. The lowest BCUT2D eigenvalue weighted by molar-refractivity contribution is 0.0955. The third-order valence-electron chi connectivity index (χ3n) is 3.93. The monoisotopic (exact) mass is 352 g/mol. The lowest BCUT2D eigenvalue weighted by Gasteiger charge is -2.22. The zero-order chi connectivity index (χ0) is 18.8. The second-order valence-electron chi connectivity index (χ2n) is 6.20. The molecule has 0 bridgehead atoms. The van der Waals surface area contributed by atoms with Gasteiger partial charge < -0.3 is 15.5 Å². The molecule has 0 radical (unpaired) electrons. The Morgan fingerprint density at radius 2 is 1.73 bits per heavy atom. The van der Waals surface area contributed by atoms with Crippen LogP contribution in [-0.4, -0.2) is 43.4 Å². The van der Waals surface area contributed by atoms with Gasteiger partial charge in [-0.3, -0.25) is 9.79 Å². The first kappa shape index (κ1) is 19.5. The topological polar surface area (TPSA) is 56.7 Å². The quantitative estimate of drug-likeness (QED) is 0.458. The summed E-state index contributed by atoms with van der Waals surface area (Å²) < 4.78 is 0. The van der Waals surface area contributed by atoms with Crippen molar-refractivity contribution in [2.24, 2.45) is 4.99 Å². The summed E-state index contributed by atoms with van der Waals surface area (Å²) in [6.07, 6.45) is 0. The summed E-state index contributed by atoms with van der Waals surface area (Å²) in [5, 5.41) is 6.20. The van der Waals surface area contributed by atoms with Crippen LogP contribution in [0.5, 0.6) is 0 Å². The van der Waals surface area contributed by atoms with E-state index in [0.29, 0.717) is 18.7 Å². The van der Waals surface area contributed by atoms with Crippen molar-refractivity contribution >= 4 is 11.9 Å². The maximum absolute atomic E-state index is 12.0. The first-order valence-electron chi connectivity index (χ1n) is 8.98. The molecule has 0 unspecified atom stereocenters. The highest BCUT2D eigenvalue weighted by Gasteiger charge is 2.07. The van der Waals surface area contributed by atoms with E-state index in [4.69, 9.17) is 0 Å². The van der Waals surface area contributed by atoms with Crippen LogP contribution >= 0.6 is 0 Å². The minimum absolute atomic E-state index is 0.0705. The fourth-order valence-electron chi connectivity index (χ4n) is 2.53. The third kappa shape index (κ3) is 6.24. The molecule has 2 aromatic carbocycles. The maximum atomic E-state index is 12.0. The first-order chi connectivity index (χ1) is 12.6. The SMILES string of the molecule is CCNC(=NCCNC(=O)c1ccccc1)N(C)Cc1ccc(C)cc1. The normalized spacial score (nSPS) is 11.1. The highest BCUT2D eigenvalue weighted by molar-refractivity contribution is 5.94. The number of guanidine groups is 1. The number of carbonyl (C=O) groups excluding carboxylic acids is 1. The van der Waals surface area contributed by atoms with Gasteiger partial charge in [0.2, 0.25) is 0 Å². The molecule has 0 aliphatic heterocycles. The summed E-state index contributed by atoms with van der Waals surface area (Å²) in [5.41, 5.74) is 3.16. The van der Waals surface area contributed by atoms with Gasteiger partial charge in [0.05, 0.1) is 6.54 Å². The lowest BCUT2D eigenvalue weighted by atomic mass is 10.1. The Kier molecular flexibility index (Phi) is 7.68. The van der Waals surface area contributed by atoms with Crippen LogP contribution in [0.2, 0.25) is 0 Å². The van der Waals surface area contributed by atoms with Crippen LogP contribution in [-0.2, 0) is 6.54 Å². The van der Waals surface area contributed by atoms with Crippen LogP contribution in [0, 0.1) is 6.92 Å². The van der Waals surface area contributed by atoms with Gasteiger partial charge in [-0.25, -0.2) is 0 Å². The van der Waals surface area contributed by atoms with Gasteiger partial charge in [0.1, 0.15) is 0 Å². The molecule has 0 saturated carbocycles. The van der Waals surface area contributed by atoms with Crippen molar-refractivity contribution in [1.82, 2.24) is 15.5 Å². The minimum atomic E-state index is -0.0705. The molecule has 0 atom stereocenters. The van der Waals surface area contributed by atoms with Crippen molar-refractivity contribution in [3.05, 3.63) is 71.3 Å². The van der Waals surface area contributed by atoms with Crippen molar-refractivity contribution in [3.63, 3.8) is 0 Å². The predicted octanol–water partition coefficient (Wildman–Crippen LogP) is 2.82. The average Bonchev–Trinajstić information content (AvgIpc) is 2.66. The number of benzene rings is 2. The van der Waals surface area contributed by atoms with Gasteiger partial charge in [-0.2, -0.15) is 0 Å². The van der Waals surface area contributed by atoms with E-state index in [0.717, 1.165) is 19.0 Å². The molecular weight excluding hydrogens is 324 g/mol. The number of nitrogens with one attached hydrogen (secondary N) is 2. The van der Waals surface area contributed by atoms with E-state index < -0.39 is 0 Å². The smallest absolute Gasteiger partial charge is 0.251 e. The number of aryl methyl sites for hydroxylation is 1. The van der Waals surface area contributed by atoms with E-state index >= 15 is 0 Å². The Labute approximate surface area is 156 Å². The lowest BCUT2D eigenvalue weighted by Crippen LogP contribution is -2.39. The van der Waals surface area contributed by atoms with Crippen molar-refractivity contribution in [2.45, 2.75) is 20.4 Å². The van der Waals surface area contributed by atoms with Crippen LogP contribution in [0.4, 0.5) is 0 Å². The molecule has 0 heterocycles. The largest absolute Gasteiger partial charge is 0.357 e. The van der Waals surface area contributed by atoms with Crippen LogP contribution in [0.25, 0.3) is 0 Å². The van der Waals surface area contributed by atoms with Gasteiger partial charge in [0, 0.05) is 32.2 Å². The predicted molar refractivity (Wildman–Crippen MR) is 107 cm³/mol. The molecule has 5 heteroatoms. The number of aliphatic imine (C=N–C) groups is 1. The number of nitrogens with zero attached hydrogens (tertiary/aromatic N) is 2. The molecule has 1 amide bonds. The molecule has 0 saturated heterocycles. The summed E-state index contributed by atoms with van der Waals surface area (Å²) in [6, 6.07) is 17.7. The highest BCUT2D eigenvalue weighted by Crippen LogP contribution is 2.06. The van der Waals surface area contributed by atoms with E-state index in [-0.39, 0.29) is 5.91 Å². The molecule has 2 aromatic rings. The Morgan fingerprint density at radius 1 is 1.04 bits per heavy atom. The fourth-order valence-corrected chi connectivity index (χ4v) is 2.53. The average molecular weight is 352 g/mol. The van der Waals surface area contributed by atoms with Gasteiger partial charge >= 0.3 is 0 Å². The third-order valence-corrected chi connectivity index (χ3v) is 3.93. The summed E-state index contributed by atoms with van der Waals surface area (Å²) >= 11 is 0. The van der Waals surface area contributed by atoms with Crippen LogP contribution < -0.4 is 10.6 Å². The standard InChI is InChI=1S/C21H28N4O/c1-4-22-21(25(3)16-18-12-10-17(2)11-13-18)24-15-14-23-20(26)19-8-6-5-7-9-19/h5-13H,4,14-16H2,1-3H3,(H,22,24)(H,23,26). The van der Waals surface area contributed by atoms with Gasteiger partial charge in [0.15, 0.2) is 5.96 Å². The van der Waals surface area contributed by atoms with E-state index in [2.05, 4.69) is 51.7 Å². The summed E-state index contributed by atoms with van der Waals surface area (Å²) in [6.45, 7) is 6.74. The van der Waals surface area contributed by atoms with Gasteiger partial charge in [0.25, 0.3) is 5.91 Å². The summed E-state index contributed by atoms with van der Waals surface area (Å²) in [5.74, 6) is 0.765. The van der Waals surface area contributed by atoms with Gasteiger partial charge in [-0.05, 0) is 31.5 Å². The Balaban J connectivity index is 1.87. The van der Waals surface area contributed by atoms with Crippen molar-refractivity contribution < 1.29 is 4.79 Å².